The molecule has 0 spiro atoms. The lowest BCUT2D eigenvalue weighted by atomic mass is 10.1. The molecule has 19 heavy (non-hydrogen) atoms. The Labute approximate surface area is 115 Å². The highest BCUT2D eigenvalue weighted by atomic mass is 35.5. The van der Waals surface area contributed by atoms with Crippen LogP contribution >= 0.6 is 11.6 Å². The van der Waals surface area contributed by atoms with Crippen molar-refractivity contribution < 1.29 is 9.50 Å². The lowest BCUT2D eigenvalue weighted by molar-refractivity contribution is 0.170. The summed E-state index contributed by atoms with van der Waals surface area (Å²) >= 11 is 6.16. The van der Waals surface area contributed by atoms with Gasteiger partial charge in [0.1, 0.15) is 5.82 Å². The van der Waals surface area contributed by atoms with Gasteiger partial charge in [-0.05, 0) is 19.9 Å². The Bertz CT molecular complexity index is 585. The van der Waals surface area contributed by atoms with E-state index in [9.17, 15) is 9.50 Å². The van der Waals surface area contributed by atoms with Gasteiger partial charge >= 0.3 is 0 Å². The first-order valence-corrected chi connectivity index (χ1v) is 6.41. The number of halogens is 2. The molecule has 4 nitrogen and oxygen atoms in total. The normalized spacial score (nSPS) is 12.7. The monoisotopic (exact) mass is 283 g/mol. The van der Waals surface area contributed by atoms with Crippen LogP contribution in [0.15, 0.2) is 18.5 Å². The zero-order valence-corrected chi connectivity index (χ0v) is 11.5. The van der Waals surface area contributed by atoms with E-state index in [4.69, 9.17) is 11.6 Å². The van der Waals surface area contributed by atoms with Crippen molar-refractivity contribution in [2.24, 2.45) is 0 Å². The van der Waals surface area contributed by atoms with E-state index in [-0.39, 0.29) is 12.0 Å². The van der Waals surface area contributed by atoms with Crippen molar-refractivity contribution in [2.45, 2.75) is 32.9 Å². The molecule has 0 aliphatic rings. The first-order chi connectivity index (χ1) is 9.04. The van der Waals surface area contributed by atoms with Crippen molar-refractivity contribution in [3.05, 3.63) is 46.3 Å². The number of nitrogens with zero attached hydrogens (tertiary/aromatic N) is 3. The lowest BCUT2D eigenvalue weighted by Crippen LogP contribution is -2.10. The first-order valence-electron chi connectivity index (χ1n) is 6.03. The number of pyridine rings is 1. The van der Waals surface area contributed by atoms with E-state index in [0.29, 0.717) is 23.0 Å². The van der Waals surface area contributed by atoms with Crippen LogP contribution in [0.3, 0.4) is 0 Å². The molecule has 0 fully saturated rings. The maximum atomic E-state index is 13.6. The second kappa shape index (κ2) is 5.67. The van der Waals surface area contributed by atoms with Crippen molar-refractivity contribution in [3.8, 4) is 0 Å². The molecule has 0 radical (unpaired) electrons. The SMILES string of the molecule is CCn1nc(C)c(Cl)c1CC(O)c1ccncc1F. The Morgan fingerprint density at radius 3 is 2.89 bits per heavy atom. The molecular formula is C13H15ClFN3O. The number of hydrogen-bond donors (Lipinski definition) is 1. The van der Waals surface area contributed by atoms with Crippen LogP contribution in [0.4, 0.5) is 4.39 Å². The number of aliphatic hydroxyl groups excluding tert-OH is 1. The molecule has 2 aromatic rings. The number of aliphatic hydroxyl groups is 1. The van der Waals surface area contributed by atoms with Gasteiger partial charge in [-0.15, -0.1) is 0 Å². The molecule has 0 aliphatic carbocycles. The second-order valence-electron chi connectivity index (χ2n) is 4.28. The van der Waals surface area contributed by atoms with Gasteiger partial charge in [0.05, 0.1) is 28.7 Å². The molecular weight excluding hydrogens is 269 g/mol. The molecule has 0 aliphatic heterocycles. The molecule has 2 rings (SSSR count). The molecule has 6 heteroatoms. The van der Waals surface area contributed by atoms with Crippen molar-refractivity contribution in [2.75, 3.05) is 0 Å². The van der Waals surface area contributed by atoms with Gasteiger partial charge in [-0.3, -0.25) is 9.67 Å². The smallest absolute Gasteiger partial charge is 0.147 e. The summed E-state index contributed by atoms with van der Waals surface area (Å²) in [6, 6.07) is 1.47. The van der Waals surface area contributed by atoms with Gasteiger partial charge < -0.3 is 5.11 Å². The van der Waals surface area contributed by atoms with Crippen LogP contribution in [-0.4, -0.2) is 19.9 Å². The molecule has 2 heterocycles. The van der Waals surface area contributed by atoms with Crippen LogP contribution in [0.1, 0.15) is 30.0 Å². The summed E-state index contributed by atoms with van der Waals surface area (Å²) in [4.78, 5) is 3.66. The molecule has 0 aromatic carbocycles. The predicted octanol–water partition coefficient (Wildman–Crippen LogP) is 2.68. The first kappa shape index (κ1) is 14.0. The summed E-state index contributed by atoms with van der Waals surface area (Å²) in [5.74, 6) is -0.523. The standard InChI is InChI=1S/C13H15ClFN3O/c1-3-18-11(13(14)8(2)17-18)6-12(19)9-4-5-16-7-10(9)15/h4-5,7,12,19H,3,6H2,1-2H3. The zero-order chi connectivity index (χ0) is 14.0. The quantitative estimate of drug-likeness (QED) is 0.938. The molecule has 102 valence electrons. The third-order valence-corrected chi connectivity index (χ3v) is 3.49. The minimum absolute atomic E-state index is 0.215. The summed E-state index contributed by atoms with van der Waals surface area (Å²) < 4.78 is 15.3. The Balaban J connectivity index is 2.29. The van der Waals surface area contributed by atoms with Crippen molar-refractivity contribution in [1.82, 2.24) is 14.8 Å². The summed E-state index contributed by atoms with van der Waals surface area (Å²) in [7, 11) is 0. The minimum Gasteiger partial charge on any atom is -0.388 e. The van der Waals surface area contributed by atoms with E-state index in [2.05, 4.69) is 10.1 Å². The highest BCUT2D eigenvalue weighted by Gasteiger charge is 2.19. The van der Waals surface area contributed by atoms with Crippen LogP contribution in [0, 0.1) is 12.7 Å². The fourth-order valence-electron chi connectivity index (χ4n) is 2.01. The Kier molecular flexibility index (Phi) is 4.17. The summed E-state index contributed by atoms with van der Waals surface area (Å²) in [5, 5.41) is 14.9. The summed E-state index contributed by atoms with van der Waals surface area (Å²) in [6.07, 6.45) is 1.78. The molecule has 0 amide bonds. The average Bonchev–Trinajstić information content (AvgIpc) is 2.67. The van der Waals surface area contributed by atoms with Gasteiger partial charge in [-0.2, -0.15) is 5.10 Å². The Morgan fingerprint density at radius 2 is 2.26 bits per heavy atom. The molecule has 0 saturated carbocycles. The van der Waals surface area contributed by atoms with E-state index in [0.717, 1.165) is 6.20 Å². The van der Waals surface area contributed by atoms with Crippen molar-refractivity contribution >= 4 is 11.6 Å². The second-order valence-corrected chi connectivity index (χ2v) is 4.66. The summed E-state index contributed by atoms with van der Waals surface area (Å²) in [6.45, 7) is 4.39. The molecule has 0 bridgehead atoms. The van der Waals surface area contributed by atoms with Gasteiger partial charge in [0, 0.05) is 24.7 Å². The van der Waals surface area contributed by atoms with Gasteiger partial charge in [-0.1, -0.05) is 11.6 Å². The zero-order valence-electron chi connectivity index (χ0n) is 10.8. The topological polar surface area (TPSA) is 50.9 Å². The van der Waals surface area contributed by atoms with Gasteiger partial charge in [-0.25, -0.2) is 4.39 Å². The number of hydrogen-bond acceptors (Lipinski definition) is 3. The average molecular weight is 284 g/mol. The molecule has 1 unspecified atom stereocenters. The van der Waals surface area contributed by atoms with Crippen LogP contribution in [0.5, 0.6) is 0 Å². The fourth-order valence-corrected chi connectivity index (χ4v) is 2.23. The largest absolute Gasteiger partial charge is 0.388 e. The highest BCUT2D eigenvalue weighted by Crippen LogP contribution is 2.26. The number of aromatic nitrogens is 3. The van der Waals surface area contributed by atoms with Gasteiger partial charge in [0.25, 0.3) is 0 Å². The highest BCUT2D eigenvalue weighted by molar-refractivity contribution is 6.31. The van der Waals surface area contributed by atoms with Crippen molar-refractivity contribution in [3.63, 3.8) is 0 Å². The Morgan fingerprint density at radius 1 is 1.53 bits per heavy atom. The predicted molar refractivity (Wildman–Crippen MR) is 70.5 cm³/mol. The molecule has 2 aromatic heterocycles. The van der Waals surface area contributed by atoms with E-state index in [1.54, 1.807) is 11.6 Å². The fraction of sp³-hybridized carbons (Fsp3) is 0.385. The van der Waals surface area contributed by atoms with E-state index in [1.807, 2.05) is 6.92 Å². The van der Waals surface area contributed by atoms with E-state index < -0.39 is 11.9 Å². The number of aryl methyl sites for hydroxylation is 2. The lowest BCUT2D eigenvalue weighted by Gasteiger charge is -2.13. The molecule has 1 N–H and O–H groups in total. The van der Waals surface area contributed by atoms with Crippen LogP contribution in [0.2, 0.25) is 5.02 Å². The Hall–Kier alpha value is -1.46. The van der Waals surface area contributed by atoms with Crippen LogP contribution < -0.4 is 0 Å². The molecule has 0 saturated heterocycles. The van der Waals surface area contributed by atoms with Crippen LogP contribution in [-0.2, 0) is 13.0 Å². The van der Waals surface area contributed by atoms with Gasteiger partial charge in [0.15, 0.2) is 0 Å². The van der Waals surface area contributed by atoms with Crippen LogP contribution in [0.25, 0.3) is 0 Å². The number of rotatable bonds is 4. The third-order valence-electron chi connectivity index (χ3n) is 3.00. The van der Waals surface area contributed by atoms with E-state index in [1.165, 1.54) is 12.3 Å². The molecule has 1 atom stereocenters. The van der Waals surface area contributed by atoms with Crippen molar-refractivity contribution in [1.29, 1.82) is 0 Å². The van der Waals surface area contributed by atoms with Gasteiger partial charge in [0.2, 0.25) is 0 Å². The maximum Gasteiger partial charge on any atom is 0.147 e. The van der Waals surface area contributed by atoms with E-state index >= 15 is 0 Å². The minimum atomic E-state index is -0.970. The third kappa shape index (κ3) is 2.77. The maximum absolute atomic E-state index is 13.6. The summed E-state index contributed by atoms with van der Waals surface area (Å²) in [5.41, 5.74) is 1.64.